The van der Waals surface area contributed by atoms with Crippen molar-refractivity contribution in [3.8, 4) is 0 Å². The molecule has 4 heteroatoms. The fourth-order valence-corrected chi connectivity index (χ4v) is 1.55. The number of nitrogen functional groups attached to an aromatic ring is 1. The van der Waals surface area contributed by atoms with E-state index in [0.29, 0.717) is 12.6 Å². The van der Waals surface area contributed by atoms with Crippen molar-refractivity contribution in [3.63, 3.8) is 0 Å². The van der Waals surface area contributed by atoms with Crippen molar-refractivity contribution in [3.05, 3.63) is 30.0 Å². The first-order valence-electron chi connectivity index (χ1n) is 4.81. The van der Waals surface area contributed by atoms with E-state index in [0.717, 1.165) is 23.0 Å². The number of nitrogens with two attached hydrogens (primary N) is 1. The largest absolute Gasteiger partial charge is 0.384 e. The zero-order chi connectivity index (χ0) is 10.7. The summed E-state index contributed by atoms with van der Waals surface area (Å²) in [6, 6.07) is 7.84. The van der Waals surface area contributed by atoms with Crippen molar-refractivity contribution >= 4 is 16.9 Å². The van der Waals surface area contributed by atoms with E-state index in [9.17, 15) is 0 Å². The summed E-state index contributed by atoms with van der Waals surface area (Å²) in [6.07, 6.45) is 0.754. The molecule has 0 unspecified atom stereocenters. The Kier molecular flexibility index (Phi) is 2.78. The van der Waals surface area contributed by atoms with Crippen LogP contribution in [0.1, 0.15) is 5.69 Å². The van der Waals surface area contributed by atoms with Crippen molar-refractivity contribution in [1.29, 1.82) is 0 Å². The van der Waals surface area contributed by atoms with Crippen LogP contribution in [0.4, 0.5) is 5.95 Å². The van der Waals surface area contributed by atoms with Gasteiger partial charge in [-0.05, 0) is 6.07 Å². The number of nitrogens with zero attached hydrogens (tertiary/aromatic N) is 2. The zero-order valence-corrected chi connectivity index (χ0v) is 8.60. The molecule has 78 valence electrons. The van der Waals surface area contributed by atoms with Crippen molar-refractivity contribution < 1.29 is 4.74 Å². The lowest BCUT2D eigenvalue weighted by atomic mass is 10.1. The van der Waals surface area contributed by atoms with Crippen LogP contribution in [0.3, 0.4) is 0 Å². The van der Waals surface area contributed by atoms with Gasteiger partial charge in [0.15, 0.2) is 0 Å². The van der Waals surface area contributed by atoms with E-state index in [4.69, 9.17) is 10.5 Å². The number of fused-ring (bicyclic) bond motifs is 1. The van der Waals surface area contributed by atoms with Gasteiger partial charge in [-0.2, -0.15) is 0 Å². The maximum atomic E-state index is 5.63. The van der Waals surface area contributed by atoms with Gasteiger partial charge in [0.25, 0.3) is 0 Å². The average Bonchev–Trinajstić information content (AvgIpc) is 2.25. The van der Waals surface area contributed by atoms with Gasteiger partial charge in [-0.15, -0.1) is 0 Å². The van der Waals surface area contributed by atoms with Crippen LogP contribution in [0, 0.1) is 0 Å². The van der Waals surface area contributed by atoms with E-state index in [1.54, 1.807) is 7.11 Å². The molecule has 2 rings (SSSR count). The number of ether oxygens (including phenoxy) is 1. The first-order chi connectivity index (χ1) is 7.31. The summed E-state index contributed by atoms with van der Waals surface area (Å²) >= 11 is 0. The highest BCUT2D eigenvalue weighted by molar-refractivity contribution is 5.81. The third-order valence-corrected chi connectivity index (χ3v) is 2.24. The maximum absolute atomic E-state index is 5.63. The zero-order valence-electron chi connectivity index (χ0n) is 8.60. The van der Waals surface area contributed by atoms with E-state index in [1.807, 2.05) is 24.3 Å². The van der Waals surface area contributed by atoms with Gasteiger partial charge in [0.1, 0.15) is 0 Å². The summed E-state index contributed by atoms with van der Waals surface area (Å²) in [5.74, 6) is 0.319. The third-order valence-electron chi connectivity index (χ3n) is 2.24. The summed E-state index contributed by atoms with van der Waals surface area (Å²) in [5, 5.41) is 1.05. The molecule has 2 N–H and O–H groups in total. The first-order valence-corrected chi connectivity index (χ1v) is 4.81. The van der Waals surface area contributed by atoms with Crippen LogP contribution in [0.5, 0.6) is 0 Å². The van der Waals surface area contributed by atoms with Crippen LogP contribution in [0.2, 0.25) is 0 Å². The summed E-state index contributed by atoms with van der Waals surface area (Å²) in [7, 11) is 1.67. The van der Waals surface area contributed by atoms with Crippen LogP contribution < -0.4 is 5.73 Å². The molecular formula is C11H13N3O. The molecule has 0 saturated carbocycles. The minimum absolute atomic E-state index is 0.319. The molecule has 0 aliphatic carbocycles. The lowest BCUT2D eigenvalue weighted by Crippen LogP contribution is -2.03. The normalized spacial score (nSPS) is 10.7. The molecule has 0 fully saturated rings. The second kappa shape index (κ2) is 4.23. The van der Waals surface area contributed by atoms with Crippen molar-refractivity contribution in [1.82, 2.24) is 9.97 Å². The minimum atomic E-state index is 0.319. The van der Waals surface area contributed by atoms with E-state index in [2.05, 4.69) is 9.97 Å². The maximum Gasteiger partial charge on any atom is 0.220 e. The Balaban J connectivity index is 2.50. The fourth-order valence-electron chi connectivity index (χ4n) is 1.55. The van der Waals surface area contributed by atoms with Gasteiger partial charge in [0.2, 0.25) is 5.95 Å². The Labute approximate surface area is 88.1 Å². The molecule has 0 saturated heterocycles. The molecule has 2 aromatic rings. The highest BCUT2D eigenvalue weighted by atomic mass is 16.5. The van der Waals surface area contributed by atoms with Crippen LogP contribution in [-0.4, -0.2) is 23.7 Å². The van der Waals surface area contributed by atoms with Crippen molar-refractivity contribution in [2.24, 2.45) is 0 Å². The van der Waals surface area contributed by atoms with Gasteiger partial charge in [0, 0.05) is 18.9 Å². The van der Waals surface area contributed by atoms with Crippen molar-refractivity contribution in [2.75, 3.05) is 19.5 Å². The predicted molar refractivity (Wildman–Crippen MR) is 59.5 cm³/mol. The molecule has 1 aromatic heterocycles. The monoisotopic (exact) mass is 203 g/mol. The van der Waals surface area contributed by atoms with Gasteiger partial charge in [-0.25, -0.2) is 9.97 Å². The van der Waals surface area contributed by atoms with Gasteiger partial charge in [0.05, 0.1) is 17.8 Å². The Morgan fingerprint density at radius 1 is 1.27 bits per heavy atom. The summed E-state index contributed by atoms with van der Waals surface area (Å²) in [6.45, 7) is 0.639. The Morgan fingerprint density at radius 2 is 2.07 bits per heavy atom. The molecule has 0 spiro atoms. The average molecular weight is 203 g/mol. The summed E-state index contributed by atoms with van der Waals surface area (Å²) in [4.78, 5) is 8.40. The van der Waals surface area contributed by atoms with Crippen LogP contribution >= 0.6 is 0 Å². The number of aromatic nitrogens is 2. The molecule has 0 aliphatic heterocycles. The van der Waals surface area contributed by atoms with Gasteiger partial charge in [-0.1, -0.05) is 18.2 Å². The van der Waals surface area contributed by atoms with Crippen LogP contribution in [0.25, 0.3) is 10.9 Å². The molecule has 0 radical (unpaired) electrons. The van der Waals surface area contributed by atoms with E-state index < -0.39 is 0 Å². The number of hydrogen-bond donors (Lipinski definition) is 1. The second-order valence-corrected chi connectivity index (χ2v) is 3.29. The van der Waals surface area contributed by atoms with Crippen LogP contribution in [-0.2, 0) is 11.2 Å². The molecule has 0 atom stereocenters. The SMILES string of the molecule is COCCc1nc(N)nc2ccccc12. The van der Waals surface area contributed by atoms with E-state index >= 15 is 0 Å². The number of rotatable bonds is 3. The van der Waals surface area contributed by atoms with E-state index in [1.165, 1.54) is 0 Å². The summed E-state index contributed by atoms with van der Waals surface area (Å²) in [5.41, 5.74) is 7.46. The number of anilines is 1. The standard InChI is InChI=1S/C11H13N3O/c1-15-7-6-10-8-4-2-3-5-9(8)13-11(12)14-10/h2-5H,6-7H2,1H3,(H2,12,13,14). The lowest BCUT2D eigenvalue weighted by molar-refractivity contribution is 0.202. The van der Waals surface area contributed by atoms with Gasteiger partial charge < -0.3 is 10.5 Å². The topological polar surface area (TPSA) is 61.0 Å². The number of hydrogen-bond acceptors (Lipinski definition) is 4. The highest BCUT2D eigenvalue weighted by Crippen LogP contribution is 2.16. The molecular weight excluding hydrogens is 190 g/mol. The molecule has 1 heterocycles. The number of methoxy groups -OCH3 is 1. The molecule has 15 heavy (non-hydrogen) atoms. The molecule has 0 aliphatic rings. The molecule has 0 amide bonds. The summed E-state index contributed by atoms with van der Waals surface area (Å²) < 4.78 is 5.03. The quantitative estimate of drug-likeness (QED) is 0.819. The lowest BCUT2D eigenvalue weighted by Gasteiger charge is -2.05. The molecule has 1 aromatic carbocycles. The van der Waals surface area contributed by atoms with Crippen LogP contribution in [0.15, 0.2) is 24.3 Å². The first kappa shape index (κ1) is 9.86. The minimum Gasteiger partial charge on any atom is -0.384 e. The molecule has 4 nitrogen and oxygen atoms in total. The van der Waals surface area contributed by atoms with Gasteiger partial charge >= 0.3 is 0 Å². The Hall–Kier alpha value is -1.68. The fraction of sp³-hybridized carbons (Fsp3) is 0.273. The third kappa shape index (κ3) is 2.05. The Bertz CT molecular complexity index is 470. The highest BCUT2D eigenvalue weighted by Gasteiger charge is 2.04. The number of para-hydroxylation sites is 1. The van der Waals surface area contributed by atoms with Crippen molar-refractivity contribution in [2.45, 2.75) is 6.42 Å². The van der Waals surface area contributed by atoms with E-state index in [-0.39, 0.29) is 0 Å². The predicted octanol–water partition coefficient (Wildman–Crippen LogP) is 1.40. The van der Waals surface area contributed by atoms with Gasteiger partial charge in [-0.3, -0.25) is 0 Å². The molecule has 0 bridgehead atoms. The number of benzene rings is 1. The smallest absolute Gasteiger partial charge is 0.220 e. The second-order valence-electron chi connectivity index (χ2n) is 3.29. The Morgan fingerprint density at radius 3 is 2.87 bits per heavy atom.